The van der Waals surface area contributed by atoms with Gasteiger partial charge in [-0.1, -0.05) is 32.9 Å². The molecule has 0 aliphatic carbocycles. The topological polar surface area (TPSA) is 203 Å². The Bertz CT molecular complexity index is 2470. The molecule has 4 N–H and O–H groups in total. The molecule has 0 aliphatic heterocycles. The van der Waals surface area contributed by atoms with Crippen LogP contribution in [0.5, 0.6) is 0 Å². The van der Waals surface area contributed by atoms with E-state index in [4.69, 9.17) is 0 Å². The minimum Gasteiger partial charge on any atom is -0.480 e. The van der Waals surface area contributed by atoms with Crippen LogP contribution in [0.2, 0.25) is 0 Å². The van der Waals surface area contributed by atoms with Gasteiger partial charge in [0, 0.05) is 37.7 Å². The number of anilines is 2. The van der Waals surface area contributed by atoms with E-state index < -0.39 is 67.5 Å². The molecule has 15 nitrogen and oxygen atoms in total. The Labute approximate surface area is 294 Å². The summed E-state index contributed by atoms with van der Waals surface area (Å²) in [5.74, 6) is -5.77. The highest BCUT2D eigenvalue weighted by atomic mass is 32.2. The molecule has 18 heteroatoms. The van der Waals surface area contributed by atoms with Crippen molar-refractivity contribution in [2.75, 3.05) is 10.0 Å². The quantitative estimate of drug-likeness (QED) is 0.166. The van der Waals surface area contributed by atoms with Crippen molar-refractivity contribution in [2.45, 2.75) is 38.1 Å². The van der Waals surface area contributed by atoms with Gasteiger partial charge in [0.25, 0.3) is 21.5 Å². The molecule has 0 saturated heterocycles. The third kappa shape index (κ3) is 7.46. The van der Waals surface area contributed by atoms with E-state index in [1.807, 2.05) is 4.72 Å². The molecule has 2 amide bonds. The zero-order chi connectivity index (χ0) is 38.3. The van der Waals surface area contributed by atoms with Gasteiger partial charge in [0.05, 0.1) is 28.2 Å². The third-order valence-electron chi connectivity index (χ3n) is 8.01. The summed E-state index contributed by atoms with van der Waals surface area (Å²) in [6.07, 6.45) is 1.07. The number of fused-ring (bicyclic) bond motifs is 1. The average molecular weight is 738 g/mol. The largest absolute Gasteiger partial charge is 0.480 e. The van der Waals surface area contributed by atoms with Crippen molar-refractivity contribution < 1.29 is 36.7 Å². The number of aryl methyl sites for hydroxylation is 2. The summed E-state index contributed by atoms with van der Waals surface area (Å²) in [7, 11) is -1.39. The Morgan fingerprint density at radius 1 is 0.942 bits per heavy atom. The summed E-state index contributed by atoms with van der Waals surface area (Å²) >= 11 is 0. The second kappa shape index (κ2) is 13.9. The number of carbonyl (C=O) groups is 3. The molecule has 0 aliphatic rings. The van der Waals surface area contributed by atoms with E-state index in [1.165, 1.54) is 58.9 Å². The fourth-order valence-electron chi connectivity index (χ4n) is 5.06. The van der Waals surface area contributed by atoms with Crippen LogP contribution in [0.1, 0.15) is 36.7 Å². The predicted molar refractivity (Wildman–Crippen MR) is 186 cm³/mol. The maximum absolute atomic E-state index is 15.1. The highest BCUT2D eigenvalue weighted by Gasteiger charge is 2.26. The Balaban J connectivity index is 1.30. The number of hydrogen-bond donors (Lipinski definition) is 4. The molecule has 0 spiro atoms. The molecule has 2 heterocycles. The lowest BCUT2D eigenvalue weighted by Gasteiger charge is -2.18. The van der Waals surface area contributed by atoms with Gasteiger partial charge in [0.2, 0.25) is 5.91 Å². The number of amides is 2. The van der Waals surface area contributed by atoms with Gasteiger partial charge in [-0.15, -0.1) is 0 Å². The lowest BCUT2D eigenvalue weighted by molar-refractivity contribution is -0.139. The van der Waals surface area contributed by atoms with Crippen molar-refractivity contribution in [3.8, 4) is 5.69 Å². The molecular formula is C34H33F2N7O8S. The zero-order valence-corrected chi connectivity index (χ0v) is 29.2. The van der Waals surface area contributed by atoms with Crippen LogP contribution in [0.25, 0.3) is 16.9 Å². The standard InChI is InChI=1S/C34H33F2N7O8S/c1-34(2,3)32(48)38-19-8-12-21(13-9-19)52(50,51)40-25-16-23(35)22(15-24(25)36)29(44)39-26(31(46)47)14-18-6-10-20(11-7-18)43-30(45)27-28(37-17-41(27)4)42(5)33(43)49/h6-13,15-17,26,40H,14H2,1-5H3,(H,38,48)(H,39,44)(H,46,47)/t26-/m0/s1. The summed E-state index contributed by atoms with van der Waals surface area (Å²) in [4.78, 5) is 67.0. The first-order valence-electron chi connectivity index (χ1n) is 15.5. The molecule has 0 fully saturated rings. The van der Waals surface area contributed by atoms with E-state index in [1.54, 1.807) is 27.8 Å². The number of carboxylic acid groups (broad SMARTS) is 1. The summed E-state index contributed by atoms with van der Waals surface area (Å²) in [6, 6.07) is 9.89. The molecule has 0 radical (unpaired) electrons. The highest BCUT2D eigenvalue weighted by Crippen LogP contribution is 2.25. The van der Waals surface area contributed by atoms with Crippen LogP contribution in [0, 0.1) is 17.0 Å². The van der Waals surface area contributed by atoms with E-state index in [9.17, 15) is 37.5 Å². The van der Waals surface area contributed by atoms with Crippen LogP contribution in [0.4, 0.5) is 20.2 Å². The predicted octanol–water partition coefficient (Wildman–Crippen LogP) is 2.91. The number of nitrogens with zero attached hydrogens (tertiary/aromatic N) is 4. The van der Waals surface area contributed by atoms with E-state index >= 15 is 8.78 Å². The molecule has 3 aromatic carbocycles. The van der Waals surface area contributed by atoms with E-state index in [-0.39, 0.29) is 34.1 Å². The summed E-state index contributed by atoms with van der Waals surface area (Å²) in [5.41, 5.74) is -2.46. The van der Waals surface area contributed by atoms with Crippen LogP contribution in [0.15, 0.2) is 81.5 Å². The summed E-state index contributed by atoms with van der Waals surface area (Å²) < 4.78 is 61.5. The normalized spacial score (nSPS) is 12.4. The first-order chi connectivity index (χ1) is 24.3. The zero-order valence-electron chi connectivity index (χ0n) is 28.4. The molecule has 52 heavy (non-hydrogen) atoms. The number of aromatic nitrogens is 4. The SMILES string of the molecule is Cn1cnc2c1c(=O)n(-c1ccc(C[C@H](NC(=O)c3cc(F)c(NS(=O)(=O)c4ccc(NC(=O)C(C)(C)C)cc4)cc3F)C(=O)O)cc1)c(=O)n2C. The van der Waals surface area contributed by atoms with Crippen molar-refractivity contribution in [1.82, 2.24) is 24.0 Å². The Morgan fingerprint density at radius 2 is 1.58 bits per heavy atom. The monoisotopic (exact) mass is 737 g/mol. The minimum absolute atomic E-state index is 0.183. The van der Waals surface area contributed by atoms with Crippen molar-refractivity contribution in [3.63, 3.8) is 0 Å². The maximum atomic E-state index is 15.1. The molecular weight excluding hydrogens is 704 g/mol. The number of aliphatic carboxylic acids is 1. The highest BCUT2D eigenvalue weighted by molar-refractivity contribution is 7.92. The van der Waals surface area contributed by atoms with Gasteiger partial charge in [-0.25, -0.2) is 36.3 Å². The minimum atomic E-state index is -4.45. The van der Waals surface area contributed by atoms with Crippen LogP contribution in [0.3, 0.4) is 0 Å². The van der Waals surface area contributed by atoms with Crippen LogP contribution >= 0.6 is 0 Å². The van der Waals surface area contributed by atoms with E-state index in [0.717, 1.165) is 16.7 Å². The van der Waals surface area contributed by atoms with E-state index in [2.05, 4.69) is 15.6 Å². The van der Waals surface area contributed by atoms with Crippen LogP contribution in [-0.4, -0.2) is 56.0 Å². The first-order valence-corrected chi connectivity index (χ1v) is 17.0. The number of benzene rings is 3. The fourth-order valence-corrected chi connectivity index (χ4v) is 6.12. The smallest absolute Gasteiger partial charge is 0.337 e. The van der Waals surface area contributed by atoms with Gasteiger partial charge in [-0.3, -0.25) is 23.7 Å². The van der Waals surface area contributed by atoms with Gasteiger partial charge in [-0.05, 0) is 48.0 Å². The van der Waals surface area contributed by atoms with Gasteiger partial charge in [0.1, 0.15) is 17.7 Å². The molecule has 2 aromatic heterocycles. The summed E-state index contributed by atoms with van der Waals surface area (Å²) in [5, 5.41) is 14.6. The number of halogens is 2. The summed E-state index contributed by atoms with van der Waals surface area (Å²) in [6.45, 7) is 5.09. The van der Waals surface area contributed by atoms with Crippen LogP contribution in [-0.2, 0) is 40.1 Å². The second-order valence-electron chi connectivity index (χ2n) is 12.9. The lowest BCUT2D eigenvalue weighted by atomic mass is 9.95. The Hall–Kier alpha value is -6.17. The van der Waals surface area contributed by atoms with Crippen molar-refractivity contribution in [1.29, 1.82) is 0 Å². The molecule has 0 unspecified atom stereocenters. The molecule has 1 atom stereocenters. The number of sulfonamides is 1. The van der Waals surface area contributed by atoms with Crippen molar-refractivity contribution in [3.05, 3.63) is 111 Å². The lowest BCUT2D eigenvalue weighted by Crippen LogP contribution is -2.42. The van der Waals surface area contributed by atoms with Crippen LogP contribution < -0.4 is 26.6 Å². The Kier molecular flexibility index (Phi) is 9.89. The maximum Gasteiger partial charge on any atom is 0.337 e. The number of nitrogens with one attached hydrogen (secondary N) is 3. The molecule has 0 saturated carbocycles. The molecule has 5 rings (SSSR count). The molecule has 5 aromatic rings. The van der Waals surface area contributed by atoms with Crippen molar-refractivity contribution in [2.24, 2.45) is 19.5 Å². The average Bonchev–Trinajstić information content (AvgIpc) is 3.47. The third-order valence-corrected chi connectivity index (χ3v) is 9.39. The molecule has 272 valence electrons. The number of carbonyl (C=O) groups excluding carboxylic acids is 2. The van der Waals surface area contributed by atoms with Gasteiger partial charge < -0.3 is 20.3 Å². The number of carboxylic acids is 1. The molecule has 0 bridgehead atoms. The Morgan fingerprint density at radius 3 is 2.17 bits per heavy atom. The van der Waals surface area contributed by atoms with E-state index in [0.29, 0.717) is 23.4 Å². The number of rotatable bonds is 10. The van der Waals surface area contributed by atoms with Gasteiger partial charge in [0.15, 0.2) is 11.2 Å². The second-order valence-corrected chi connectivity index (χ2v) is 14.6. The fraction of sp³-hybridized carbons (Fsp3) is 0.235. The van der Waals surface area contributed by atoms with Gasteiger partial charge in [-0.2, -0.15) is 0 Å². The first kappa shape index (κ1) is 37.1. The number of hydrogen-bond acceptors (Lipinski definition) is 8. The van der Waals surface area contributed by atoms with Crippen molar-refractivity contribution >= 4 is 50.3 Å². The number of imidazole rings is 1. The van der Waals surface area contributed by atoms with Gasteiger partial charge >= 0.3 is 11.7 Å².